The van der Waals surface area contributed by atoms with Crippen molar-refractivity contribution in [2.75, 3.05) is 19.6 Å². The van der Waals surface area contributed by atoms with Crippen molar-refractivity contribution >= 4 is 5.69 Å². The number of benzene rings is 1. The molecule has 1 aliphatic rings. The summed E-state index contributed by atoms with van der Waals surface area (Å²) in [5, 5.41) is 14.4. The summed E-state index contributed by atoms with van der Waals surface area (Å²) in [6, 6.07) is 5.68. The van der Waals surface area contributed by atoms with Gasteiger partial charge in [0.05, 0.1) is 4.92 Å². The Morgan fingerprint density at radius 2 is 2.05 bits per heavy atom. The van der Waals surface area contributed by atoms with Gasteiger partial charge in [-0.2, -0.15) is 0 Å². The monoisotopic (exact) mass is 291 g/mol. The van der Waals surface area contributed by atoms with Gasteiger partial charge >= 0.3 is 0 Å². The number of hydrogen-bond acceptors (Lipinski definition) is 4. The van der Waals surface area contributed by atoms with E-state index in [1.807, 2.05) is 13.0 Å². The van der Waals surface area contributed by atoms with Crippen molar-refractivity contribution in [2.24, 2.45) is 0 Å². The van der Waals surface area contributed by atoms with Crippen LogP contribution in [-0.4, -0.2) is 35.5 Å². The Labute approximate surface area is 126 Å². The van der Waals surface area contributed by atoms with Crippen LogP contribution in [0.2, 0.25) is 0 Å². The maximum atomic E-state index is 11.0. The van der Waals surface area contributed by atoms with E-state index in [4.69, 9.17) is 0 Å². The van der Waals surface area contributed by atoms with E-state index in [0.29, 0.717) is 12.6 Å². The number of nitrogens with zero attached hydrogens (tertiary/aromatic N) is 2. The zero-order chi connectivity index (χ0) is 15.2. The second kappa shape index (κ2) is 7.52. The first kappa shape index (κ1) is 15.9. The molecule has 1 N–H and O–H groups in total. The maximum absolute atomic E-state index is 11.0. The largest absolute Gasteiger partial charge is 0.309 e. The van der Waals surface area contributed by atoms with Gasteiger partial charge in [0.15, 0.2) is 0 Å². The van der Waals surface area contributed by atoms with Crippen LogP contribution in [0.3, 0.4) is 0 Å². The smallest absolute Gasteiger partial charge is 0.272 e. The Morgan fingerprint density at radius 3 is 2.71 bits per heavy atom. The van der Waals surface area contributed by atoms with Crippen molar-refractivity contribution in [3.05, 3.63) is 39.4 Å². The first-order valence-electron chi connectivity index (χ1n) is 7.76. The van der Waals surface area contributed by atoms with Gasteiger partial charge in [0.25, 0.3) is 5.69 Å². The van der Waals surface area contributed by atoms with E-state index < -0.39 is 0 Å². The highest BCUT2D eigenvalue weighted by atomic mass is 16.6. The summed E-state index contributed by atoms with van der Waals surface area (Å²) < 4.78 is 0. The number of nitro benzene ring substituents is 1. The maximum Gasteiger partial charge on any atom is 0.272 e. The van der Waals surface area contributed by atoms with Gasteiger partial charge < -0.3 is 10.2 Å². The van der Waals surface area contributed by atoms with E-state index in [2.05, 4.69) is 17.1 Å². The topological polar surface area (TPSA) is 58.4 Å². The van der Waals surface area contributed by atoms with Crippen molar-refractivity contribution in [1.82, 2.24) is 10.2 Å². The molecule has 5 heteroatoms. The lowest BCUT2D eigenvalue weighted by Gasteiger charge is -2.29. The van der Waals surface area contributed by atoms with E-state index in [-0.39, 0.29) is 10.6 Å². The highest BCUT2D eigenvalue weighted by Crippen LogP contribution is 2.21. The van der Waals surface area contributed by atoms with Crippen LogP contribution >= 0.6 is 0 Å². The van der Waals surface area contributed by atoms with Crippen LogP contribution in [0.4, 0.5) is 5.69 Å². The van der Waals surface area contributed by atoms with Crippen molar-refractivity contribution in [1.29, 1.82) is 0 Å². The highest BCUT2D eigenvalue weighted by molar-refractivity contribution is 5.44. The molecule has 0 radical (unpaired) electrons. The summed E-state index contributed by atoms with van der Waals surface area (Å²) in [4.78, 5) is 13.1. The summed E-state index contributed by atoms with van der Waals surface area (Å²) in [5.74, 6) is 0. The second-order valence-corrected chi connectivity index (χ2v) is 5.96. The first-order valence-corrected chi connectivity index (χ1v) is 7.76. The molecule has 1 saturated heterocycles. The van der Waals surface area contributed by atoms with E-state index in [1.165, 1.54) is 32.4 Å². The molecule has 0 amide bonds. The highest BCUT2D eigenvalue weighted by Gasteiger charge is 2.15. The van der Waals surface area contributed by atoms with Gasteiger partial charge in [0.1, 0.15) is 0 Å². The van der Waals surface area contributed by atoms with E-state index in [9.17, 15) is 10.1 Å². The molecule has 21 heavy (non-hydrogen) atoms. The van der Waals surface area contributed by atoms with Crippen LogP contribution in [0.15, 0.2) is 18.2 Å². The SMILES string of the molecule is Cc1c(CNC(C)CN2CCCCC2)cccc1[N+](=O)[O-]. The molecule has 1 aliphatic heterocycles. The Morgan fingerprint density at radius 1 is 1.33 bits per heavy atom. The minimum atomic E-state index is -0.310. The molecule has 0 bridgehead atoms. The van der Waals surface area contributed by atoms with Crippen molar-refractivity contribution < 1.29 is 4.92 Å². The molecule has 5 nitrogen and oxygen atoms in total. The van der Waals surface area contributed by atoms with Gasteiger partial charge in [-0.15, -0.1) is 0 Å². The summed E-state index contributed by atoms with van der Waals surface area (Å²) >= 11 is 0. The summed E-state index contributed by atoms with van der Waals surface area (Å²) in [7, 11) is 0. The molecule has 0 aliphatic carbocycles. The van der Waals surface area contributed by atoms with Crippen LogP contribution in [0.1, 0.15) is 37.3 Å². The van der Waals surface area contributed by atoms with Crippen molar-refractivity contribution in [3.8, 4) is 0 Å². The Hall–Kier alpha value is -1.46. The lowest BCUT2D eigenvalue weighted by molar-refractivity contribution is -0.385. The number of nitrogens with one attached hydrogen (secondary N) is 1. The molecule has 0 aromatic heterocycles. The van der Waals surface area contributed by atoms with E-state index in [0.717, 1.165) is 17.7 Å². The zero-order valence-corrected chi connectivity index (χ0v) is 13.0. The minimum absolute atomic E-state index is 0.206. The summed E-state index contributed by atoms with van der Waals surface area (Å²) in [6.45, 7) is 8.13. The van der Waals surface area contributed by atoms with Crippen LogP contribution < -0.4 is 5.32 Å². The molecule has 1 unspecified atom stereocenters. The molecule has 0 saturated carbocycles. The van der Waals surface area contributed by atoms with Gasteiger partial charge in [0, 0.05) is 30.8 Å². The molecule has 1 fully saturated rings. The number of piperidine rings is 1. The molecule has 1 atom stereocenters. The third-order valence-electron chi connectivity index (χ3n) is 4.24. The fourth-order valence-corrected chi connectivity index (χ4v) is 2.94. The van der Waals surface area contributed by atoms with Gasteiger partial charge in [-0.25, -0.2) is 0 Å². The van der Waals surface area contributed by atoms with Crippen LogP contribution in [0.5, 0.6) is 0 Å². The average molecular weight is 291 g/mol. The van der Waals surface area contributed by atoms with Crippen LogP contribution in [0.25, 0.3) is 0 Å². The Balaban J connectivity index is 1.87. The number of rotatable bonds is 6. The van der Waals surface area contributed by atoms with E-state index >= 15 is 0 Å². The molecule has 116 valence electrons. The van der Waals surface area contributed by atoms with Crippen LogP contribution in [0, 0.1) is 17.0 Å². The first-order chi connectivity index (χ1) is 10.1. The van der Waals surface area contributed by atoms with E-state index in [1.54, 1.807) is 12.1 Å². The normalized spacial score (nSPS) is 17.6. The minimum Gasteiger partial charge on any atom is -0.309 e. The van der Waals surface area contributed by atoms with Gasteiger partial charge in [-0.3, -0.25) is 10.1 Å². The quantitative estimate of drug-likeness (QED) is 0.647. The molecule has 2 rings (SSSR count). The Kier molecular flexibility index (Phi) is 5.70. The van der Waals surface area contributed by atoms with Crippen molar-refractivity contribution in [3.63, 3.8) is 0 Å². The van der Waals surface area contributed by atoms with Gasteiger partial charge in [-0.05, 0) is 45.3 Å². The number of likely N-dealkylation sites (tertiary alicyclic amines) is 1. The standard InChI is InChI=1S/C16H25N3O2/c1-13(12-18-9-4-3-5-10-18)17-11-15-7-6-8-16(14(15)2)19(20)21/h6-8,13,17H,3-5,9-12H2,1-2H3. The Bertz CT molecular complexity index is 484. The lowest BCUT2D eigenvalue weighted by atomic mass is 10.1. The fraction of sp³-hybridized carbons (Fsp3) is 0.625. The third kappa shape index (κ3) is 4.51. The molecule has 0 spiro atoms. The predicted octanol–water partition coefficient (Wildman–Crippen LogP) is 2.87. The van der Waals surface area contributed by atoms with Crippen LogP contribution in [-0.2, 0) is 6.54 Å². The summed E-state index contributed by atoms with van der Waals surface area (Å²) in [6.07, 6.45) is 3.96. The summed E-state index contributed by atoms with van der Waals surface area (Å²) in [5.41, 5.74) is 1.98. The predicted molar refractivity (Wildman–Crippen MR) is 84.4 cm³/mol. The molecule has 1 aromatic rings. The third-order valence-corrected chi connectivity index (χ3v) is 4.24. The molecule has 1 heterocycles. The number of hydrogen-bond donors (Lipinski definition) is 1. The zero-order valence-electron chi connectivity index (χ0n) is 13.0. The number of nitro groups is 1. The second-order valence-electron chi connectivity index (χ2n) is 5.96. The fourth-order valence-electron chi connectivity index (χ4n) is 2.94. The van der Waals surface area contributed by atoms with Gasteiger partial charge in [-0.1, -0.05) is 18.6 Å². The molecule has 1 aromatic carbocycles. The van der Waals surface area contributed by atoms with Gasteiger partial charge in [0.2, 0.25) is 0 Å². The molecular formula is C16H25N3O2. The lowest BCUT2D eigenvalue weighted by Crippen LogP contribution is -2.41. The molecular weight excluding hydrogens is 266 g/mol. The van der Waals surface area contributed by atoms with Crippen molar-refractivity contribution in [2.45, 2.75) is 45.7 Å². The average Bonchev–Trinajstić information content (AvgIpc) is 2.47.